The van der Waals surface area contributed by atoms with Crippen molar-refractivity contribution >= 4 is 28.9 Å². The van der Waals surface area contributed by atoms with Crippen LogP contribution >= 0.6 is 23.8 Å². The van der Waals surface area contributed by atoms with Crippen molar-refractivity contribution in [2.24, 2.45) is 5.92 Å². The van der Waals surface area contributed by atoms with E-state index in [4.69, 9.17) is 23.8 Å². The van der Waals surface area contributed by atoms with Gasteiger partial charge >= 0.3 is 0 Å². The number of hydrogen-bond donors (Lipinski definition) is 2. The Morgan fingerprint density at radius 1 is 1.47 bits per heavy atom. The molecule has 2 nitrogen and oxygen atoms in total. The SMILES string of the molecule is CC1Cc2ccccc2C1NC(=S)NCCCl. The van der Waals surface area contributed by atoms with Crippen molar-refractivity contribution in [1.29, 1.82) is 0 Å². The number of fused-ring (bicyclic) bond motifs is 1. The lowest BCUT2D eigenvalue weighted by molar-refractivity contribution is 0.471. The van der Waals surface area contributed by atoms with E-state index in [1.807, 2.05) is 0 Å². The van der Waals surface area contributed by atoms with Crippen molar-refractivity contribution in [3.05, 3.63) is 35.4 Å². The second kappa shape index (κ2) is 5.69. The number of alkyl halides is 1. The van der Waals surface area contributed by atoms with E-state index in [-0.39, 0.29) is 0 Å². The monoisotopic (exact) mass is 268 g/mol. The van der Waals surface area contributed by atoms with Crippen LogP contribution in [0.2, 0.25) is 0 Å². The van der Waals surface area contributed by atoms with Crippen LogP contribution in [0.25, 0.3) is 0 Å². The standard InChI is InChI=1S/C13H17ClN2S/c1-9-8-10-4-2-3-5-11(10)12(9)16-13(17)15-7-6-14/h2-5,9,12H,6-8H2,1H3,(H2,15,16,17). The van der Waals surface area contributed by atoms with Crippen LogP contribution in [-0.4, -0.2) is 17.5 Å². The molecule has 0 saturated carbocycles. The van der Waals surface area contributed by atoms with Gasteiger partial charge in [0, 0.05) is 12.4 Å². The van der Waals surface area contributed by atoms with Crippen LogP contribution in [-0.2, 0) is 6.42 Å². The van der Waals surface area contributed by atoms with Crippen LogP contribution in [0.5, 0.6) is 0 Å². The third kappa shape index (κ3) is 2.90. The molecule has 2 unspecified atom stereocenters. The van der Waals surface area contributed by atoms with E-state index in [0.29, 0.717) is 29.5 Å². The van der Waals surface area contributed by atoms with Gasteiger partial charge in [-0.2, -0.15) is 0 Å². The summed E-state index contributed by atoms with van der Waals surface area (Å²) in [6.45, 7) is 2.96. The van der Waals surface area contributed by atoms with Gasteiger partial charge in [0.2, 0.25) is 0 Å². The van der Waals surface area contributed by atoms with Crippen molar-refractivity contribution in [3.8, 4) is 0 Å². The predicted molar refractivity (Wildman–Crippen MR) is 76.5 cm³/mol. The lowest BCUT2D eigenvalue weighted by Gasteiger charge is -2.21. The molecule has 4 heteroatoms. The van der Waals surface area contributed by atoms with E-state index in [0.717, 1.165) is 6.42 Å². The molecule has 0 fully saturated rings. The molecule has 0 heterocycles. The summed E-state index contributed by atoms with van der Waals surface area (Å²) in [5.41, 5.74) is 2.80. The van der Waals surface area contributed by atoms with E-state index in [1.54, 1.807) is 0 Å². The molecule has 0 spiro atoms. The average Bonchev–Trinajstić information content (AvgIpc) is 2.64. The first-order valence-electron chi connectivity index (χ1n) is 5.90. The third-order valence-corrected chi connectivity index (χ3v) is 3.62. The number of thiocarbonyl (C=S) groups is 1. The van der Waals surface area contributed by atoms with Gasteiger partial charge in [0.05, 0.1) is 6.04 Å². The highest BCUT2D eigenvalue weighted by Gasteiger charge is 2.29. The number of nitrogens with one attached hydrogen (secondary N) is 2. The van der Waals surface area contributed by atoms with Gasteiger partial charge in [0.15, 0.2) is 5.11 Å². The molecule has 1 aromatic rings. The second-order valence-corrected chi connectivity index (χ2v) is 5.23. The predicted octanol–water partition coefficient (Wildman–Crippen LogP) is 2.62. The zero-order valence-corrected chi connectivity index (χ0v) is 11.4. The minimum Gasteiger partial charge on any atom is -0.362 e. The number of hydrogen-bond acceptors (Lipinski definition) is 1. The van der Waals surface area contributed by atoms with Gasteiger partial charge in [-0.05, 0) is 35.7 Å². The quantitative estimate of drug-likeness (QED) is 0.651. The van der Waals surface area contributed by atoms with Gasteiger partial charge in [0.25, 0.3) is 0 Å². The Hall–Kier alpha value is -0.800. The van der Waals surface area contributed by atoms with Crippen molar-refractivity contribution in [2.45, 2.75) is 19.4 Å². The minimum atomic E-state index is 0.321. The summed E-state index contributed by atoms with van der Waals surface area (Å²) in [4.78, 5) is 0. The molecule has 92 valence electrons. The molecule has 2 atom stereocenters. The van der Waals surface area contributed by atoms with Gasteiger partial charge in [-0.15, -0.1) is 11.6 Å². The van der Waals surface area contributed by atoms with E-state index in [1.165, 1.54) is 11.1 Å². The maximum atomic E-state index is 5.62. The number of rotatable bonds is 3. The largest absolute Gasteiger partial charge is 0.362 e. The second-order valence-electron chi connectivity index (χ2n) is 4.45. The van der Waals surface area contributed by atoms with Crippen LogP contribution in [0.4, 0.5) is 0 Å². The van der Waals surface area contributed by atoms with E-state index in [9.17, 15) is 0 Å². The highest BCUT2D eigenvalue weighted by atomic mass is 35.5. The Kier molecular flexibility index (Phi) is 4.24. The Morgan fingerprint density at radius 3 is 3.00 bits per heavy atom. The fourth-order valence-corrected chi connectivity index (χ4v) is 2.69. The average molecular weight is 269 g/mol. The summed E-state index contributed by atoms with van der Waals surface area (Å²) in [5.74, 6) is 1.14. The van der Waals surface area contributed by atoms with Crippen LogP contribution < -0.4 is 10.6 Å². The molecule has 1 aromatic carbocycles. The molecular weight excluding hydrogens is 252 g/mol. The number of halogens is 1. The first-order chi connectivity index (χ1) is 8.22. The zero-order chi connectivity index (χ0) is 12.3. The molecule has 0 amide bonds. The van der Waals surface area contributed by atoms with E-state index < -0.39 is 0 Å². The van der Waals surface area contributed by atoms with E-state index >= 15 is 0 Å². The molecule has 0 radical (unpaired) electrons. The third-order valence-electron chi connectivity index (χ3n) is 3.17. The molecule has 17 heavy (non-hydrogen) atoms. The molecule has 2 rings (SSSR count). The van der Waals surface area contributed by atoms with Crippen LogP contribution in [0.15, 0.2) is 24.3 Å². The summed E-state index contributed by atoms with van der Waals surface area (Å²) >= 11 is 10.9. The number of benzene rings is 1. The highest BCUT2D eigenvalue weighted by Crippen LogP contribution is 2.35. The molecular formula is C13H17ClN2S. The first-order valence-corrected chi connectivity index (χ1v) is 6.84. The normalized spacial score (nSPS) is 22.0. The lowest BCUT2D eigenvalue weighted by Crippen LogP contribution is -2.39. The smallest absolute Gasteiger partial charge is 0.166 e. The Morgan fingerprint density at radius 2 is 2.24 bits per heavy atom. The van der Waals surface area contributed by atoms with Crippen LogP contribution in [0.1, 0.15) is 24.1 Å². The maximum absolute atomic E-state index is 5.62. The van der Waals surface area contributed by atoms with Gasteiger partial charge in [-0.25, -0.2) is 0 Å². The summed E-state index contributed by atoms with van der Waals surface area (Å²) in [6.07, 6.45) is 1.12. The molecule has 0 aliphatic heterocycles. The topological polar surface area (TPSA) is 24.1 Å². The van der Waals surface area contributed by atoms with Crippen molar-refractivity contribution in [1.82, 2.24) is 10.6 Å². The molecule has 2 N–H and O–H groups in total. The summed E-state index contributed by atoms with van der Waals surface area (Å²) in [6, 6.07) is 8.88. The van der Waals surface area contributed by atoms with E-state index in [2.05, 4.69) is 41.8 Å². The molecule has 1 aliphatic carbocycles. The molecule has 0 aromatic heterocycles. The molecule has 0 saturated heterocycles. The lowest BCUT2D eigenvalue weighted by atomic mass is 10.0. The van der Waals surface area contributed by atoms with Crippen LogP contribution in [0, 0.1) is 5.92 Å². The Labute approximate surface area is 113 Å². The summed E-state index contributed by atoms with van der Waals surface area (Å²) in [7, 11) is 0. The van der Waals surface area contributed by atoms with Crippen molar-refractivity contribution in [3.63, 3.8) is 0 Å². The Balaban J connectivity index is 2.04. The van der Waals surface area contributed by atoms with Gasteiger partial charge in [0.1, 0.15) is 0 Å². The summed E-state index contributed by atoms with van der Waals surface area (Å²) < 4.78 is 0. The molecule has 0 bridgehead atoms. The fourth-order valence-electron chi connectivity index (χ4n) is 2.37. The van der Waals surface area contributed by atoms with Crippen molar-refractivity contribution < 1.29 is 0 Å². The van der Waals surface area contributed by atoms with Gasteiger partial charge < -0.3 is 10.6 Å². The Bertz CT molecular complexity index is 408. The van der Waals surface area contributed by atoms with Gasteiger partial charge in [-0.1, -0.05) is 31.2 Å². The van der Waals surface area contributed by atoms with Crippen molar-refractivity contribution in [2.75, 3.05) is 12.4 Å². The first kappa shape index (κ1) is 12.7. The van der Waals surface area contributed by atoms with Gasteiger partial charge in [-0.3, -0.25) is 0 Å². The summed E-state index contributed by atoms with van der Waals surface area (Å²) in [5, 5.41) is 7.17. The fraction of sp³-hybridized carbons (Fsp3) is 0.462. The minimum absolute atomic E-state index is 0.321. The maximum Gasteiger partial charge on any atom is 0.166 e. The molecule has 1 aliphatic rings. The van der Waals surface area contributed by atoms with Crippen LogP contribution in [0.3, 0.4) is 0 Å². The zero-order valence-electron chi connectivity index (χ0n) is 9.87. The highest BCUT2D eigenvalue weighted by molar-refractivity contribution is 7.80.